The summed E-state index contributed by atoms with van der Waals surface area (Å²) in [6, 6.07) is 3.94. The van der Waals surface area contributed by atoms with Crippen LogP contribution in [0.2, 0.25) is 0 Å². The number of nitrogens with two attached hydrogens (primary N) is 1. The molecule has 1 rings (SSSR count). The molecule has 94 valence electrons. The van der Waals surface area contributed by atoms with Crippen LogP contribution >= 0.6 is 0 Å². The Morgan fingerprint density at radius 2 is 2.12 bits per heavy atom. The summed E-state index contributed by atoms with van der Waals surface area (Å²) in [4.78, 5) is 12.3. The SMILES string of the molecule is COc1ccc(F)cc1C(=O)C(C)(C)CCN. The Morgan fingerprint density at radius 1 is 1.47 bits per heavy atom. The summed E-state index contributed by atoms with van der Waals surface area (Å²) < 4.78 is 18.3. The van der Waals surface area contributed by atoms with E-state index in [0.29, 0.717) is 18.7 Å². The van der Waals surface area contributed by atoms with E-state index in [4.69, 9.17) is 10.5 Å². The summed E-state index contributed by atoms with van der Waals surface area (Å²) in [6.45, 7) is 4.01. The number of halogens is 1. The number of carbonyl (C=O) groups excluding carboxylic acids is 1. The van der Waals surface area contributed by atoms with Gasteiger partial charge in [-0.2, -0.15) is 0 Å². The number of Topliss-reactive ketones (excluding diaryl/α,β-unsaturated/α-hetero) is 1. The first kappa shape index (κ1) is 13.6. The zero-order valence-electron chi connectivity index (χ0n) is 10.4. The van der Waals surface area contributed by atoms with Crippen LogP contribution in [0.5, 0.6) is 5.75 Å². The minimum atomic E-state index is -0.615. The standard InChI is InChI=1S/C13H18FNO2/c1-13(2,6-7-15)12(16)10-8-9(14)4-5-11(10)17-3/h4-5,8H,6-7,15H2,1-3H3. The number of hydrogen-bond donors (Lipinski definition) is 1. The van der Waals surface area contributed by atoms with Gasteiger partial charge in [-0.15, -0.1) is 0 Å². The molecule has 0 saturated heterocycles. The van der Waals surface area contributed by atoms with Gasteiger partial charge < -0.3 is 10.5 Å². The zero-order chi connectivity index (χ0) is 13.1. The average Bonchev–Trinajstić information content (AvgIpc) is 2.28. The molecule has 3 nitrogen and oxygen atoms in total. The molecule has 2 N–H and O–H groups in total. The molecule has 1 aromatic carbocycles. The molecule has 0 unspecified atom stereocenters. The van der Waals surface area contributed by atoms with Gasteiger partial charge in [-0.05, 0) is 31.2 Å². The van der Waals surface area contributed by atoms with E-state index in [-0.39, 0.29) is 11.3 Å². The maximum absolute atomic E-state index is 13.2. The van der Waals surface area contributed by atoms with Crippen molar-refractivity contribution < 1.29 is 13.9 Å². The first-order valence-electron chi connectivity index (χ1n) is 5.51. The van der Waals surface area contributed by atoms with Gasteiger partial charge in [-0.25, -0.2) is 4.39 Å². The number of carbonyl (C=O) groups is 1. The lowest BCUT2D eigenvalue weighted by Gasteiger charge is -2.23. The van der Waals surface area contributed by atoms with Crippen molar-refractivity contribution in [3.8, 4) is 5.75 Å². The van der Waals surface area contributed by atoms with E-state index in [2.05, 4.69) is 0 Å². The van der Waals surface area contributed by atoms with Gasteiger partial charge in [0, 0.05) is 5.41 Å². The van der Waals surface area contributed by atoms with Crippen molar-refractivity contribution in [2.24, 2.45) is 11.1 Å². The summed E-state index contributed by atoms with van der Waals surface area (Å²) in [5.74, 6) is -0.210. The average molecular weight is 239 g/mol. The number of hydrogen-bond acceptors (Lipinski definition) is 3. The molecule has 0 saturated carbocycles. The lowest BCUT2D eigenvalue weighted by Crippen LogP contribution is -2.27. The number of ketones is 1. The summed E-state index contributed by atoms with van der Waals surface area (Å²) in [5, 5.41) is 0. The molecule has 0 spiro atoms. The topological polar surface area (TPSA) is 52.3 Å². The predicted molar refractivity (Wildman–Crippen MR) is 64.7 cm³/mol. The second-order valence-electron chi connectivity index (χ2n) is 4.60. The highest BCUT2D eigenvalue weighted by Gasteiger charge is 2.30. The lowest BCUT2D eigenvalue weighted by atomic mass is 9.81. The van der Waals surface area contributed by atoms with Crippen LogP contribution in [-0.2, 0) is 0 Å². The van der Waals surface area contributed by atoms with Crippen LogP contribution in [0.15, 0.2) is 18.2 Å². The minimum Gasteiger partial charge on any atom is -0.496 e. The third-order valence-corrected chi connectivity index (χ3v) is 2.79. The molecule has 1 aromatic rings. The largest absolute Gasteiger partial charge is 0.496 e. The van der Waals surface area contributed by atoms with Gasteiger partial charge in [0.1, 0.15) is 11.6 Å². The molecule has 0 aliphatic rings. The number of rotatable bonds is 5. The highest BCUT2D eigenvalue weighted by atomic mass is 19.1. The molecule has 0 amide bonds. The lowest BCUT2D eigenvalue weighted by molar-refractivity contribution is 0.0825. The molecule has 0 fully saturated rings. The van der Waals surface area contributed by atoms with Crippen molar-refractivity contribution in [1.29, 1.82) is 0 Å². The third kappa shape index (κ3) is 3.03. The molecule has 0 aliphatic carbocycles. The van der Waals surface area contributed by atoms with Crippen LogP contribution in [0, 0.1) is 11.2 Å². The molecule has 0 bridgehead atoms. The minimum absolute atomic E-state index is 0.153. The summed E-state index contributed by atoms with van der Waals surface area (Å²) in [5.41, 5.74) is 5.13. The van der Waals surface area contributed by atoms with Crippen LogP contribution in [0.4, 0.5) is 4.39 Å². The summed E-state index contributed by atoms with van der Waals surface area (Å²) >= 11 is 0. The normalized spacial score (nSPS) is 11.4. The fourth-order valence-electron chi connectivity index (χ4n) is 1.70. The Hall–Kier alpha value is -1.42. The quantitative estimate of drug-likeness (QED) is 0.803. The van der Waals surface area contributed by atoms with Crippen LogP contribution in [0.1, 0.15) is 30.6 Å². The van der Waals surface area contributed by atoms with Crippen molar-refractivity contribution in [3.05, 3.63) is 29.6 Å². The van der Waals surface area contributed by atoms with Crippen molar-refractivity contribution in [3.63, 3.8) is 0 Å². The molecular formula is C13H18FNO2. The Bertz CT molecular complexity index is 416. The molecular weight excluding hydrogens is 221 g/mol. The van der Waals surface area contributed by atoms with Crippen molar-refractivity contribution in [2.45, 2.75) is 20.3 Å². The molecule has 0 atom stereocenters. The highest BCUT2D eigenvalue weighted by Crippen LogP contribution is 2.30. The summed E-state index contributed by atoms with van der Waals surface area (Å²) in [6.07, 6.45) is 0.547. The van der Waals surface area contributed by atoms with E-state index in [0.717, 1.165) is 0 Å². The van der Waals surface area contributed by atoms with Crippen LogP contribution in [0.3, 0.4) is 0 Å². The van der Waals surface area contributed by atoms with E-state index in [9.17, 15) is 9.18 Å². The van der Waals surface area contributed by atoms with E-state index >= 15 is 0 Å². The third-order valence-electron chi connectivity index (χ3n) is 2.79. The number of ether oxygens (including phenoxy) is 1. The van der Waals surface area contributed by atoms with Crippen molar-refractivity contribution in [2.75, 3.05) is 13.7 Å². The maximum atomic E-state index is 13.2. The van der Waals surface area contributed by atoms with Crippen LogP contribution in [0.25, 0.3) is 0 Å². The molecule has 17 heavy (non-hydrogen) atoms. The predicted octanol–water partition coefficient (Wildman–Crippen LogP) is 2.39. The van der Waals surface area contributed by atoms with Gasteiger partial charge in [0.05, 0.1) is 12.7 Å². The fourth-order valence-corrected chi connectivity index (χ4v) is 1.70. The first-order chi connectivity index (χ1) is 7.92. The van der Waals surface area contributed by atoms with Gasteiger partial charge in [0.2, 0.25) is 0 Å². The van der Waals surface area contributed by atoms with Gasteiger partial charge in [-0.3, -0.25) is 4.79 Å². The monoisotopic (exact) mass is 239 g/mol. The Morgan fingerprint density at radius 3 is 2.65 bits per heavy atom. The van der Waals surface area contributed by atoms with Crippen molar-refractivity contribution >= 4 is 5.78 Å². The van der Waals surface area contributed by atoms with Crippen LogP contribution < -0.4 is 10.5 Å². The Labute approximate surface area is 101 Å². The Kier molecular flexibility index (Phi) is 4.23. The molecule has 0 radical (unpaired) electrons. The van der Waals surface area contributed by atoms with E-state index in [1.54, 1.807) is 13.8 Å². The van der Waals surface area contributed by atoms with Gasteiger partial charge in [0.25, 0.3) is 0 Å². The smallest absolute Gasteiger partial charge is 0.172 e. The fraction of sp³-hybridized carbons (Fsp3) is 0.462. The number of benzene rings is 1. The molecule has 0 heterocycles. The number of methoxy groups -OCH3 is 1. The second-order valence-corrected chi connectivity index (χ2v) is 4.60. The van der Waals surface area contributed by atoms with Crippen molar-refractivity contribution in [1.82, 2.24) is 0 Å². The summed E-state index contributed by atoms with van der Waals surface area (Å²) in [7, 11) is 1.46. The van der Waals surface area contributed by atoms with Gasteiger partial charge >= 0.3 is 0 Å². The van der Waals surface area contributed by atoms with Crippen LogP contribution in [-0.4, -0.2) is 19.4 Å². The Balaban J connectivity index is 3.15. The molecule has 0 aromatic heterocycles. The van der Waals surface area contributed by atoms with E-state index in [1.807, 2.05) is 0 Å². The van der Waals surface area contributed by atoms with Gasteiger partial charge in [-0.1, -0.05) is 13.8 Å². The zero-order valence-corrected chi connectivity index (χ0v) is 10.4. The molecule has 4 heteroatoms. The van der Waals surface area contributed by atoms with Gasteiger partial charge in [0.15, 0.2) is 5.78 Å². The van der Waals surface area contributed by atoms with E-state index < -0.39 is 11.2 Å². The second kappa shape index (κ2) is 5.27. The maximum Gasteiger partial charge on any atom is 0.172 e. The highest BCUT2D eigenvalue weighted by molar-refractivity contribution is 6.02. The van der Waals surface area contributed by atoms with E-state index in [1.165, 1.54) is 25.3 Å². The molecule has 0 aliphatic heterocycles. The first-order valence-corrected chi connectivity index (χ1v) is 5.51.